The summed E-state index contributed by atoms with van der Waals surface area (Å²) in [6.07, 6.45) is 5.94. The van der Waals surface area contributed by atoms with E-state index in [1.54, 1.807) is 9.13 Å². The molecule has 0 saturated carbocycles. The number of hydrogen-bond donors (Lipinski definition) is 0. The maximum Gasteiger partial charge on any atom is 0.328 e. The van der Waals surface area contributed by atoms with Crippen LogP contribution < -0.4 is 5.69 Å². The van der Waals surface area contributed by atoms with Crippen LogP contribution in [0.5, 0.6) is 0 Å². The van der Waals surface area contributed by atoms with E-state index in [4.69, 9.17) is 5.26 Å². The van der Waals surface area contributed by atoms with Gasteiger partial charge in [0, 0.05) is 31.4 Å². The highest BCUT2D eigenvalue weighted by atomic mass is 16.1. The molecule has 0 aromatic carbocycles. The second-order valence-corrected chi connectivity index (χ2v) is 3.89. The van der Waals surface area contributed by atoms with Crippen LogP contribution in [0.15, 0.2) is 17.2 Å². The van der Waals surface area contributed by atoms with Gasteiger partial charge in [-0.3, -0.25) is 9.13 Å². The molecule has 0 bridgehead atoms. The first-order chi connectivity index (χ1) is 7.16. The molecule has 0 radical (unpaired) electrons. The van der Waals surface area contributed by atoms with Crippen LogP contribution in [0.3, 0.4) is 0 Å². The number of nitriles is 1. The molecule has 0 amide bonds. The lowest BCUT2D eigenvalue weighted by Crippen LogP contribution is -2.25. The number of imidazole rings is 1. The van der Waals surface area contributed by atoms with Crippen molar-refractivity contribution in [3.05, 3.63) is 22.9 Å². The summed E-state index contributed by atoms with van der Waals surface area (Å²) in [6, 6.07) is 2.31. The SMILES string of the molecule is CC(C)n1ccn(CCCCC#N)c1=O. The van der Waals surface area contributed by atoms with Gasteiger partial charge in [0.2, 0.25) is 0 Å². The molecule has 1 aromatic rings. The summed E-state index contributed by atoms with van der Waals surface area (Å²) in [4.78, 5) is 11.7. The normalized spacial score (nSPS) is 10.5. The van der Waals surface area contributed by atoms with Crippen molar-refractivity contribution in [2.45, 2.75) is 45.7 Å². The molecule has 4 heteroatoms. The molecule has 4 nitrogen and oxygen atoms in total. The smallest absolute Gasteiger partial charge is 0.299 e. The van der Waals surface area contributed by atoms with Crippen LogP contribution in [-0.2, 0) is 6.54 Å². The Bertz CT molecular complexity index is 395. The fourth-order valence-electron chi connectivity index (χ4n) is 1.48. The lowest BCUT2D eigenvalue weighted by atomic mass is 10.2. The number of aryl methyl sites for hydroxylation is 1. The third kappa shape index (κ3) is 2.98. The molecule has 82 valence electrons. The quantitative estimate of drug-likeness (QED) is 0.693. The van der Waals surface area contributed by atoms with Crippen molar-refractivity contribution in [2.75, 3.05) is 0 Å². The first-order valence-electron chi connectivity index (χ1n) is 5.31. The van der Waals surface area contributed by atoms with Crippen LogP contribution in [0.2, 0.25) is 0 Å². The van der Waals surface area contributed by atoms with Crippen molar-refractivity contribution in [2.24, 2.45) is 0 Å². The van der Waals surface area contributed by atoms with Gasteiger partial charge in [0.25, 0.3) is 0 Å². The predicted molar refractivity (Wildman–Crippen MR) is 58.5 cm³/mol. The van der Waals surface area contributed by atoms with E-state index in [2.05, 4.69) is 6.07 Å². The Morgan fingerprint density at radius 2 is 2.13 bits per heavy atom. The third-order valence-corrected chi connectivity index (χ3v) is 2.37. The summed E-state index contributed by atoms with van der Waals surface area (Å²) in [5.74, 6) is 0. The lowest BCUT2D eigenvalue weighted by molar-refractivity contribution is 0.537. The van der Waals surface area contributed by atoms with Crippen LogP contribution >= 0.6 is 0 Å². The van der Waals surface area contributed by atoms with Crippen molar-refractivity contribution in [1.82, 2.24) is 9.13 Å². The molecule has 15 heavy (non-hydrogen) atoms. The second kappa shape index (κ2) is 5.40. The highest BCUT2D eigenvalue weighted by Gasteiger charge is 2.04. The van der Waals surface area contributed by atoms with Crippen molar-refractivity contribution < 1.29 is 0 Å². The average Bonchev–Trinajstić information content (AvgIpc) is 2.55. The van der Waals surface area contributed by atoms with E-state index in [9.17, 15) is 4.79 Å². The highest BCUT2D eigenvalue weighted by molar-refractivity contribution is 4.83. The Kier molecular flexibility index (Phi) is 4.17. The lowest BCUT2D eigenvalue weighted by Gasteiger charge is -2.04. The van der Waals surface area contributed by atoms with E-state index in [0.717, 1.165) is 12.8 Å². The third-order valence-electron chi connectivity index (χ3n) is 2.37. The molecule has 1 aromatic heterocycles. The average molecular weight is 207 g/mol. The monoisotopic (exact) mass is 207 g/mol. The van der Waals surface area contributed by atoms with Gasteiger partial charge in [-0.1, -0.05) is 0 Å². The van der Waals surface area contributed by atoms with Gasteiger partial charge in [-0.05, 0) is 26.7 Å². The number of unbranched alkanes of at least 4 members (excludes halogenated alkanes) is 2. The first kappa shape index (κ1) is 11.6. The van der Waals surface area contributed by atoms with E-state index in [1.165, 1.54) is 0 Å². The van der Waals surface area contributed by atoms with E-state index in [-0.39, 0.29) is 11.7 Å². The molecule has 0 aliphatic carbocycles. The Labute approximate surface area is 89.8 Å². The molecule has 0 fully saturated rings. The topological polar surface area (TPSA) is 50.7 Å². The predicted octanol–water partition coefficient (Wildman–Crippen LogP) is 1.92. The maximum atomic E-state index is 11.7. The van der Waals surface area contributed by atoms with Crippen LogP contribution in [-0.4, -0.2) is 9.13 Å². The number of nitrogens with zero attached hydrogens (tertiary/aromatic N) is 3. The molecular formula is C11H17N3O. The minimum absolute atomic E-state index is 0.0435. The zero-order chi connectivity index (χ0) is 11.3. The molecule has 0 spiro atoms. The van der Waals surface area contributed by atoms with Crippen molar-refractivity contribution in [3.63, 3.8) is 0 Å². The molecule has 1 rings (SSSR count). The molecular weight excluding hydrogens is 190 g/mol. The van der Waals surface area contributed by atoms with Gasteiger partial charge in [-0.25, -0.2) is 4.79 Å². The Hall–Kier alpha value is -1.50. The minimum atomic E-state index is 0.0435. The number of hydrogen-bond acceptors (Lipinski definition) is 2. The summed E-state index contributed by atoms with van der Waals surface area (Å²) < 4.78 is 3.42. The molecule has 1 heterocycles. The van der Waals surface area contributed by atoms with E-state index < -0.39 is 0 Å². The van der Waals surface area contributed by atoms with Crippen molar-refractivity contribution >= 4 is 0 Å². The van der Waals surface area contributed by atoms with Gasteiger partial charge >= 0.3 is 5.69 Å². The fraction of sp³-hybridized carbons (Fsp3) is 0.636. The van der Waals surface area contributed by atoms with E-state index in [1.807, 2.05) is 26.2 Å². The zero-order valence-electron chi connectivity index (χ0n) is 9.31. The Morgan fingerprint density at radius 3 is 2.67 bits per heavy atom. The van der Waals surface area contributed by atoms with Gasteiger partial charge in [0.05, 0.1) is 6.07 Å². The van der Waals surface area contributed by atoms with Crippen molar-refractivity contribution in [1.29, 1.82) is 5.26 Å². The van der Waals surface area contributed by atoms with E-state index >= 15 is 0 Å². The summed E-state index contributed by atoms with van der Waals surface area (Å²) >= 11 is 0. The summed E-state index contributed by atoms with van der Waals surface area (Å²) in [5, 5.41) is 8.37. The molecule has 0 aliphatic rings. The largest absolute Gasteiger partial charge is 0.328 e. The summed E-state index contributed by atoms with van der Waals surface area (Å²) in [7, 11) is 0. The number of rotatable bonds is 5. The Morgan fingerprint density at radius 1 is 1.40 bits per heavy atom. The summed E-state index contributed by atoms with van der Waals surface area (Å²) in [5.41, 5.74) is 0.0435. The maximum absolute atomic E-state index is 11.7. The fourth-order valence-corrected chi connectivity index (χ4v) is 1.48. The van der Waals surface area contributed by atoms with Gasteiger partial charge < -0.3 is 0 Å². The van der Waals surface area contributed by atoms with E-state index in [0.29, 0.717) is 13.0 Å². The zero-order valence-corrected chi connectivity index (χ0v) is 9.31. The molecule has 0 aliphatic heterocycles. The van der Waals surface area contributed by atoms with Gasteiger partial charge in [-0.15, -0.1) is 0 Å². The van der Waals surface area contributed by atoms with Crippen LogP contribution in [0.4, 0.5) is 0 Å². The molecule has 0 N–H and O–H groups in total. The number of aromatic nitrogens is 2. The second-order valence-electron chi connectivity index (χ2n) is 3.89. The Balaban J connectivity index is 2.56. The highest BCUT2D eigenvalue weighted by Crippen LogP contribution is 2.01. The minimum Gasteiger partial charge on any atom is -0.299 e. The van der Waals surface area contributed by atoms with Gasteiger partial charge in [-0.2, -0.15) is 5.26 Å². The molecule has 0 saturated heterocycles. The standard InChI is InChI=1S/C11H17N3O/c1-10(2)14-9-8-13(11(14)15)7-5-3-4-6-12/h8-10H,3-5,7H2,1-2H3. The summed E-state index contributed by atoms with van der Waals surface area (Å²) in [6.45, 7) is 4.68. The molecule has 0 atom stereocenters. The molecule has 0 unspecified atom stereocenters. The van der Waals surface area contributed by atoms with Crippen molar-refractivity contribution in [3.8, 4) is 6.07 Å². The van der Waals surface area contributed by atoms with Gasteiger partial charge in [0.1, 0.15) is 0 Å². The van der Waals surface area contributed by atoms with Gasteiger partial charge in [0.15, 0.2) is 0 Å². The van der Waals surface area contributed by atoms with Crippen LogP contribution in [0.1, 0.15) is 39.2 Å². The van der Waals surface area contributed by atoms with Crippen LogP contribution in [0, 0.1) is 11.3 Å². The van der Waals surface area contributed by atoms with Crippen LogP contribution in [0.25, 0.3) is 0 Å². The first-order valence-corrected chi connectivity index (χ1v) is 5.31.